The van der Waals surface area contributed by atoms with Crippen molar-refractivity contribution in [2.75, 3.05) is 11.6 Å². The number of H-pyrrole nitrogens is 1. The molecule has 0 bridgehead atoms. The minimum Gasteiger partial charge on any atom is -0.355 e. The standard InChI is InChI=1S/C19H13F2N5O3S/c1-30(29)15-7-3-5-13(16(15)21)24-19-23-9-12(20)17(25-19)11-8-22-18-10(11)4-2-6-14(18)26(27)28/h2-9,22H,1H3,(H,23,24,25). The Morgan fingerprint density at radius 1 is 1.20 bits per heavy atom. The van der Waals surface area contributed by atoms with Crippen LogP contribution < -0.4 is 5.32 Å². The summed E-state index contributed by atoms with van der Waals surface area (Å²) in [6, 6.07) is 8.74. The minimum absolute atomic E-state index is 0.00581. The van der Waals surface area contributed by atoms with Gasteiger partial charge in [0, 0.05) is 29.5 Å². The first-order valence-electron chi connectivity index (χ1n) is 8.53. The molecule has 0 radical (unpaired) electrons. The summed E-state index contributed by atoms with van der Waals surface area (Å²) in [5.74, 6) is -1.57. The lowest BCUT2D eigenvalue weighted by Crippen LogP contribution is -2.03. The Kier molecular flexibility index (Phi) is 4.96. The molecule has 2 aromatic heterocycles. The zero-order valence-corrected chi connectivity index (χ0v) is 16.2. The Labute approximate surface area is 170 Å². The van der Waals surface area contributed by atoms with Crippen molar-refractivity contribution in [2.24, 2.45) is 0 Å². The summed E-state index contributed by atoms with van der Waals surface area (Å²) < 4.78 is 40.7. The molecule has 4 rings (SSSR count). The van der Waals surface area contributed by atoms with Gasteiger partial charge in [0.05, 0.1) is 32.5 Å². The molecule has 0 fully saturated rings. The molecule has 0 saturated carbocycles. The molecule has 4 aromatic rings. The van der Waals surface area contributed by atoms with Crippen molar-refractivity contribution in [1.82, 2.24) is 15.0 Å². The lowest BCUT2D eigenvalue weighted by molar-refractivity contribution is -0.383. The van der Waals surface area contributed by atoms with E-state index in [4.69, 9.17) is 0 Å². The zero-order valence-electron chi connectivity index (χ0n) is 15.3. The number of hydrogen-bond acceptors (Lipinski definition) is 6. The van der Waals surface area contributed by atoms with E-state index in [1.165, 1.54) is 42.8 Å². The molecule has 0 aliphatic carbocycles. The Bertz CT molecular complexity index is 1330. The third kappa shape index (κ3) is 3.39. The second-order valence-corrected chi connectivity index (χ2v) is 7.59. The largest absolute Gasteiger partial charge is 0.355 e. The van der Waals surface area contributed by atoms with Crippen molar-refractivity contribution >= 4 is 39.0 Å². The first-order chi connectivity index (χ1) is 14.4. The van der Waals surface area contributed by atoms with Crippen LogP contribution in [0.15, 0.2) is 53.7 Å². The van der Waals surface area contributed by atoms with E-state index in [1.54, 1.807) is 6.07 Å². The molecular weight excluding hydrogens is 416 g/mol. The van der Waals surface area contributed by atoms with Gasteiger partial charge < -0.3 is 10.3 Å². The van der Waals surface area contributed by atoms with E-state index in [-0.39, 0.29) is 33.4 Å². The predicted molar refractivity (Wildman–Crippen MR) is 108 cm³/mol. The van der Waals surface area contributed by atoms with Crippen molar-refractivity contribution in [3.8, 4) is 11.3 Å². The summed E-state index contributed by atoms with van der Waals surface area (Å²) >= 11 is 0. The number of nitrogens with zero attached hydrogens (tertiary/aromatic N) is 3. The lowest BCUT2D eigenvalue weighted by atomic mass is 10.1. The van der Waals surface area contributed by atoms with E-state index in [9.17, 15) is 23.1 Å². The summed E-state index contributed by atoms with van der Waals surface area (Å²) in [6.07, 6.45) is 3.68. The molecule has 0 spiro atoms. The van der Waals surface area contributed by atoms with Crippen LogP contribution in [0.1, 0.15) is 0 Å². The van der Waals surface area contributed by atoms with E-state index < -0.39 is 27.4 Å². The van der Waals surface area contributed by atoms with Crippen LogP contribution in [0.5, 0.6) is 0 Å². The smallest absolute Gasteiger partial charge is 0.293 e. The van der Waals surface area contributed by atoms with Crippen molar-refractivity contribution in [2.45, 2.75) is 4.90 Å². The number of para-hydroxylation sites is 1. The van der Waals surface area contributed by atoms with Gasteiger partial charge in [-0.1, -0.05) is 18.2 Å². The molecule has 30 heavy (non-hydrogen) atoms. The highest BCUT2D eigenvalue weighted by atomic mass is 32.2. The Balaban J connectivity index is 1.78. The third-order valence-corrected chi connectivity index (χ3v) is 5.34. The maximum Gasteiger partial charge on any atom is 0.293 e. The molecule has 152 valence electrons. The van der Waals surface area contributed by atoms with E-state index in [0.29, 0.717) is 10.9 Å². The van der Waals surface area contributed by atoms with Gasteiger partial charge in [0.1, 0.15) is 11.2 Å². The third-order valence-electron chi connectivity index (χ3n) is 4.41. The van der Waals surface area contributed by atoms with E-state index >= 15 is 0 Å². The van der Waals surface area contributed by atoms with Gasteiger partial charge in [-0.25, -0.2) is 18.7 Å². The van der Waals surface area contributed by atoms with E-state index in [1.807, 2.05) is 0 Å². The molecule has 0 saturated heterocycles. The number of aromatic nitrogens is 3. The quantitative estimate of drug-likeness (QED) is 0.361. The first kappa shape index (κ1) is 19.6. The van der Waals surface area contributed by atoms with Gasteiger partial charge in [-0.15, -0.1) is 0 Å². The minimum atomic E-state index is -1.54. The van der Waals surface area contributed by atoms with Crippen molar-refractivity contribution in [1.29, 1.82) is 0 Å². The number of hydrogen-bond donors (Lipinski definition) is 2. The molecule has 2 heterocycles. The first-order valence-corrected chi connectivity index (χ1v) is 10.1. The average molecular weight is 429 g/mol. The fourth-order valence-electron chi connectivity index (χ4n) is 3.05. The number of non-ortho nitro benzene ring substituents is 1. The van der Waals surface area contributed by atoms with Crippen LogP contribution in [0, 0.1) is 21.7 Å². The zero-order chi connectivity index (χ0) is 21.4. The topological polar surface area (TPSA) is 114 Å². The maximum atomic E-state index is 14.5. The van der Waals surface area contributed by atoms with Gasteiger partial charge in [-0.05, 0) is 12.1 Å². The van der Waals surface area contributed by atoms with Crippen LogP contribution in [0.3, 0.4) is 0 Å². The molecule has 1 unspecified atom stereocenters. The van der Waals surface area contributed by atoms with Gasteiger partial charge >= 0.3 is 0 Å². The van der Waals surface area contributed by atoms with Crippen molar-refractivity contribution in [3.05, 3.63) is 70.5 Å². The molecule has 11 heteroatoms. The van der Waals surface area contributed by atoms with Crippen LogP contribution >= 0.6 is 0 Å². The van der Waals surface area contributed by atoms with Crippen molar-refractivity contribution < 1.29 is 17.9 Å². The number of nitro groups is 1. The SMILES string of the molecule is CS(=O)c1cccc(Nc2ncc(F)c(-c3c[nH]c4c([N+](=O)[O-])cccc34)n2)c1F. The van der Waals surface area contributed by atoms with Gasteiger partial charge in [0.2, 0.25) is 5.95 Å². The summed E-state index contributed by atoms with van der Waals surface area (Å²) in [7, 11) is -1.54. The molecule has 0 aliphatic heterocycles. The number of benzene rings is 2. The molecule has 2 aromatic carbocycles. The predicted octanol–water partition coefficient (Wildman–Crippen LogP) is 4.29. The van der Waals surface area contributed by atoms with Crippen LogP contribution in [-0.4, -0.2) is 30.3 Å². The van der Waals surface area contributed by atoms with Crippen LogP contribution in [0.2, 0.25) is 0 Å². The molecule has 1 atom stereocenters. The summed E-state index contributed by atoms with van der Waals surface area (Å²) in [4.78, 5) is 21.4. The number of fused-ring (bicyclic) bond motifs is 1. The molecule has 2 N–H and O–H groups in total. The number of halogens is 2. The highest BCUT2D eigenvalue weighted by Gasteiger charge is 2.20. The number of nitro benzene ring substituents is 1. The molecule has 0 aliphatic rings. The van der Waals surface area contributed by atoms with E-state index in [2.05, 4.69) is 20.3 Å². The molecule has 8 nitrogen and oxygen atoms in total. The van der Waals surface area contributed by atoms with Gasteiger partial charge in [-0.3, -0.25) is 14.3 Å². The van der Waals surface area contributed by atoms with Gasteiger partial charge in [0.15, 0.2) is 11.6 Å². The molecular formula is C19H13F2N5O3S. The Morgan fingerprint density at radius 3 is 2.70 bits per heavy atom. The highest BCUT2D eigenvalue weighted by Crippen LogP contribution is 2.34. The van der Waals surface area contributed by atoms with E-state index in [0.717, 1.165) is 6.20 Å². The normalized spacial score (nSPS) is 12.1. The van der Waals surface area contributed by atoms with Crippen molar-refractivity contribution in [3.63, 3.8) is 0 Å². The highest BCUT2D eigenvalue weighted by molar-refractivity contribution is 7.84. The number of aromatic amines is 1. The van der Waals surface area contributed by atoms with Crippen LogP contribution in [0.4, 0.5) is 26.1 Å². The average Bonchev–Trinajstić information content (AvgIpc) is 3.14. The Hall–Kier alpha value is -3.73. The van der Waals surface area contributed by atoms with Crippen LogP contribution in [0.25, 0.3) is 22.2 Å². The Morgan fingerprint density at radius 2 is 1.97 bits per heavy atom. The fraction of sp³-hybridized carbons (Fsp3) is 0.0526. The summed E-state index contributed by atoms with van der Waals surface area (Å²) in [6.45, 7) is 0. The number of anilines is 2. The molecule has 0 amide bonds. The second-order valence-electron chi connectivity index (χ2n) is 6.25. The number of nitrogens with one attached hydrogen (secondary N) is 2. The number of rotatable bonds is 5. The second kappa shape index (κ2) is 7.59. The summed E-state index contributed by atoms with van der Waals surface area (Å²) in [5, 5.41) is 14.3. The fourth-order valence-corrected chi connectivity index (χ4v) is 3.68. The monoisotopic (exact) mass is 429 g/mol. The van der Waals surface area contributed by atoms with Gasteiger partial charge in [-0.2, -0.15) is 0 Å². The lowest BCUT2D eigenvalue weighted by Gasteiger charge is -2.09. The maximum absolute atomic E-state index is 14.5. The summed E-state index contributed by atoms with van der Waals surface area (Å²) in [5.41, 5.74) is 0.234. The van der Waals surface area contributed by atoms with Gasteiger partial charge in [0.25, 0.3) is 5.69 Å². The van der Waals surface area contributed by atoms with Crippen LogP contribution in [-0.2, 0) is 10.8 Å².